The van der Waals surface area contributed by atoms with E-state index in [1.165, 1.54) is 13.1 Å². The molecule has 0 saturated carbocycles. The van der Waals surface area contributed by atoms with E-state index < -0.39 is 11.8 Å². The molecule has 1 aliphatic rings. The Morgan fingerprint density at radius 2 is 2.03 bits per heavy atom. The average Bonchev–Trinajstić information content (AvgIpc) is 3.02. The van der Waals surface area contributed by atoms with E-state index in [0.717, 1.165) is 40.9 Å². The molecule has 1 N–H and O–H groups in total. The molecule has 1 unspecified atom stereocenters. The first-order valence-electron chi connectivity index (χ1n) is 9.57. The lowest BCUT2D eigenvalue weighted by Gasteiger charge is -2.33. The Bertz CT molecular complexity index is 1240. The molecule has 1 aliphatic heterocycles. The summed E-state index contributed by atoms with van der Waals surface area (Å²) in [7, 11) is 1.44. The summed E-state index contributed by atoms with van der Waals surface area (Å²) in [5, 5.41) is 8.34. The molecule has 3 heterocycles. The molecule has 1 saturated heterocycles. The molecule has 0 aliphatic carbocycles. The molecule has 0 spiro atoms. The van der Waals surface area contributed by atoms with Crippen molar-refractivity contribution >= 4 is 27.5 Å². The molecule has 29 heavy (non-hydrogen) atoms. The number of hydrogen-bond acceptors (Lipinski definition) is 5. The number of hydrogen-bond donors (Lipinski definition) is 1. The van der Waals surface area contributed by atoms with E-state index in [-0.39, 0.29) is 10.9 Å². The standard InChI is InChI=1S/C21H20F2N6/c1-12-11-29(6-5-24-12)15-3-4-18-14(7-15)10-25-21(26-18)13-8-16-19(17(22)9-13)27-28(2)20(16)23/h3-4,7-10,12,24H,5-6,11H2,1-2H3. The van der Waals surface area contributed by atoms with Crippen molar-refractivity contribution in [1.29, 1.82) is 0 Å². The van der Waals surface area contributed by atoms with Gasteiger partial charge in [0.1, 0.15) is 5.52 Å². The van der Waals surface area contributed by atoms with Crippen LogP contribution in [-0.2, 0) is 7.05 Å². The second kappa shape index (κ2) is 6.73. The van der Waals surface area contributed by atoms with E-state index in [0.29, 0.717) is 17.4 Å². The number of piperazine rings is 1. The predicted octanol–water partition coefficient (Wildman–Crippen LogP) is 3.26. The molecule has 0 amide bonds. The normalized spacial score (nSPS) is 17.4. The molecule has 0 radical (unpaired) electrons. The van der Waals surface area contributed by atoms with Crippen molar-refractivity contribution in [3.63, 3.8) is 0 Å². The summed E-state index contributed by atoms with van der Waals surface area (Å²) in [4.78, 5) is 11.3. The summed E-state index contributed by atoms with van der Waals surface area (Å²) in [5.41, 5.74) is 2.31. The third-order valence-electron chi connectivity index (χ3n) is 5.38. The zero-order valence-corrected chi connectivity index (χ0v) is 16.2. The second-order valence-electron chi connectivity index (χ2n) is 7.51. The van der Waals surface area contributed by atoms with E-state index in [1.54, 1.807) is 12.3 Å². The maximum absolute atomic E-state index is 14.4. The van der Waals surface area contributed by atoms with Gasteiger partial charge in [-0.1, -0.05) is 0 Å². The van der Waals surface area contributed by atoms with E-state index in [9.17, 15) is 8.78 Å². The fraction of sp³-hybridized carbons (Fsp3) is 0.286. The number of rotatable bonds is 2. The molecule has 5 rings (SSSR count). The summed E-state index contributed by atoms with van der Waals surface area (Å²) in [6, 6.07) is 9.34. The van der Waals surface area contributed by atoms with Gasteiger partial charge >= 0.3 is 0 Å². The highest BCUT2D eigenvalue weighted by molar-refractivity contribution is 5.86. The van der Waals surface area contributed by atoms with Crippen molar-refractivity contribution in [2.24, 2.45) is 7.05 Å². The number of nitrogens with zero attached hydrogens (tertiary/aromatic N) is 5. The van der Waals surface area contributed by atoms with E-state index in [4.69, 9.17) is 0 Å². The number of aryl methyl sites for hydroxylation is 1. The van der Waals surface area contributed by atoms with Crippen LogP contribution in [0.3, 0.4) is 0 Å². The van der Waals surface area contributed by atoms with Gasteiger partial charge in [0.2, 0.25) is 5.95 Å². The quantitative estimate of drug-likeness (QED) is 0.566. The Hall–Kier alpha value is -3.13. The lowest BCUT2D eigenvalue weighted by atomic mass is 10.1. The van der Waals surface area contributed by atoms with Crippen LogP contribution >= 0.6 is 0 Å². The summed E-state index contributed by atoms with van der Waals surface area (Å²) < 4.78 is 29.7. The Morgan fingerprint density at radius 3 is 2.86 bits per heavy atom. The molecule has 1 fully saturated rings. The maximum Gasteiger partial charge on any atom is 0.219 e. The number of halogens is 2. The summed E-state index contributed by atoms with van der Waals surface area (Å²) in [5.74, 6) is -0.828. The first-order valence-corrected chi connectivity index (χ1v) is 9.57. The van der Waals surface area contributed by atoms with E-state index in [1.807, 2.05) is 12.1 Å². The van der Waals surface area contributed by atoms with E-state index >= 15 is 0 Å². The number of anilines is 1. The fourth-order valence-electron chi connectivity index (χ4n) is 3.88. The minimum atomic E-state index is -0.594. The lowest BCUT2D eigenvalue weighted by Crippen LogP contribution is -2.49. The summed E-state index contributed by atoms with van der Waals surface area (Å²) in [6.07, 6.45) is 1.73. The van der Waals surface area contributed by atoms with Crippen molar-refractivity contribution in [1.82, 2.24) is 25.1 Å². The number of fused-ring (bicyclic) bond motifs is 2. The maximum atomic E-state index is 14.4. The van der Waals surface area contributed by atoms with Gasteiger partial charge in [-0.05, 0) is 37.3 Å². The largest absolute Gasteiger partial charge is 0.369 e. The van der Waals surface area contributed by atoms with Gasteiger partial charge in [0.05, 0.1) is 10.9 Å². The van der Waals surface area contributed by atoms with Crippen molar-refractivity contribution in [2.45, 2.75) is 13.0 Å². The Balaban J connectivity index is 1.54. The van der Waals surface area contributed by atoms with Gasteiger partial charge < -0.3 is 10.2 Å². The van der Waals surface area contributed by atoms with Crippen molar-refractivity contribution < 1.29 is 8.78 Å². The molecule has 6 nitrogen and oxygen atoms in total. The van der Waals surface area contributed by atoms with Crippen LogP contribution in [0.15, 0.2) is 36.5 Å². The van der Waals surface area contributed by atoms with Crippen LogP contribution in [0.2, 0.25) is 0 Å². The topological polar surface area (TPSA) is 58.9 Å². The van der Waals surface area contributed by atoms with Gasteiger partial charge in [-0.25, -0.2) is 19.0 Å². The minimum Gasteiger partial charge on any atom is -0.369 e. The Morgan fingerprint density at radius 1 is 1.17 bits per heavy atom. The third kappa shape index (κ3) is 3.09. The van der Waals surface area contributed by atoms with Crippen molar-refractivity contribution in [3.05, 3.63) is 48.3 Å². The molecule has 148 valence electrons. The van der Waals surface area contributed by atoms with Gasteiger partial charge in [0.15, 0.2) is 11.6 Å². The van der Waals surface area contributed by atoms with Crippen LogP contribution in [-0.4, -0.2) is 45.4 Å². The monoisotopic (exact) mass is 394 g/mol. The molecule has 8 heteroatoms. The third-order valence-corrected chi connectivity index (χ3v) is 5.38. The molecule has 2 aromatic carbocycles. The SMILES string of the molecule is CC1CN(c2ccc3nc(-c4cc(F)c5nn(C)c(F)c5c4)ncc3c2)CCN1. The van der Waals surface area contributed by atoms with Gasteiger partial charge in [0.25, 0.3) is 0 Å². The summed E-state index contributed by atoms with van der Waals surface area (Å²) in [6.45, 7) is 5.02. The molecular formula is C21H20F2N6. The molecule has 2 aromatic heterocycles. The van der Waals surface area contributed by atoms with Gasteiger partial charge in [-0.3, -0.25) is 0 Å². The van der Waals surface area contributed by atoms with Crippen molar-refractivity contribution in [3.8, 4) is 11.4 Å². The zero-order chi connectivity index (χ0) is 20.1. The van der Waals surface area contributed by atoms with Crippen LogP contribution in [0.25, 0.3) is 33.2 Å². The first kappa shape index (κ1) is 17.9. The molecule has 4 aromatic rings. The highest BCUT2D eigenvalue weighted by atomic mass is 19.1. The second-order valence-corrected chi connectivity index (χ2v) is 7.51. The average molecular weight is 394 g/mol. The smallest absolute Gasteiger partial charge is 0.219 e. The van der Waals surface area contributed by atoms with Crippen LogP contribution in [0, 0.1) is 11.8 Å². The first-order chi connectivity index (χ1) is 14.0. The Labute approximate surface area is 166 Å². The van der Waals surface area contributed by atoms with Crippen LogP contribution in [0.4, 0.5) is 14.5 Å². The molecule has 0 bridgehead atoms. The van der Waals surface area contributed by atoms with Crippen LogP contribution in [0.5, 0.6) is 0 Å². The number of nitrogens with one attached hydrogen (secondary N) is 1. The fourth-order valence-corrected chi connectivity index (χ4v) is 3.88. The lowest BCUT2D eigenvalue weighted by molar-refractivity contribution is 0.485. The minimum absolute atomic E-state index is 0.00410. The summed E-state index contributed by atoms with van der Waals surface area (Å²) >= 11 is 0. The van der Waals surface area contributed by atoms with E-state index in [2.05, 4.69) is 38.3 Å². The van der Waals surface area contributed by atoms with Crippen LogP contribution < -0.4 is 10.2 Å². The molecular weight excluding hydrogens is 374 g/mol. The number of aromatic nitrogens is 4. The van der Waals surface area contributed by atoms with Crippen molar-refractivity contribution in [2.75, 3.05) is 24.5 Å². The zero-order valence-electron chi connectivity index (χ0n) is 16.2. The number of benzene rings is 2. The van der Waals surface area contributed by atoms with Gasteiger partial charge in [-0.2, -0.15) is 9.49 Å². The van der Waals surface area contributed by atoms with Crippen LogP contribution in [0.1, 0.15) is 6.92 Å². The predicted molar refractivity (Wildman–Crippen MR) is 109 cm³/mol. The highest BCUT2D eigenvalue weighted by Crippen LogP contribution is 2.28. The Kier molecular flexibility index (Phi) is 4.16. The van der Waals surface area contributed by atoms with Gasteiger partial charge in [0, 0.05) is 55.6 Å². The molecule has 1 atom stereocenters. The van der Waals surface area contributed by atoms with Gasteiger partial charge in [-0.15, -0.1) is 0 Å². The highest BCUT2D eigenvalue weighted by Gasteiger charge is 2.18.